The van der Waals surface area contributed by atoms with Crippen molar-refractivity contribution in [3.05, 3.63) is 87.0 Å². The lowest BCUT2D eigenvalue weighted by Gasteiger charge is -2.21. The minimum atomic E-state index is -0.426. The van der Waals surface area contributed by atoms with Crippen LogP contribution in [0.4, 0.5) is 15.8 Å². The van der Waals surface area contributed by atoms with Crippen LogP contribution in [0.5, 0.6) is 0 Å². The number of aryl methyl sites for hydroxylation is 1. The normalized spacial score (nSPS) is 10.8. The zero-order valence-electron chi connectivity index (χ0n) is 16.4. The first-order valence-corrected chi connectivity index (χ1v) is 9.16. The average Bonchev–Trinajstić information content (AvgIpc) is 2.97. The monoisotopic (exact) mass is 396 g/mol. The molecule has 0 N–H and O–H groups in total. The van der Waals surface area contributed by atoms with E-state index < -0.39 is 4.92 Å². The van der Waals surface area contributed by atoms with Crippen LogP contribution in [0.3, 0.4) is 0 Å². The number of nitro groups is 1. The van der Waals surface area contributed by atoms with E-state index >= 15 is 0 Å². The zero-order valence-corrected chi connectivity index (χ0v) is 16.4. The van der Waals surface area contributed by atoms with Gasteiger partial charge in [-0.1, -0.05) is 12.1 Å². The number of nitrogens with zero attached hydrogens (tertiary/aromatic N) is 4. The standard InChI is InChI=1S/C21H21FN4O3/c1-4-24(19-11-9-18(22)10-12-19)21(27)17-7-5-16(6-8-17)13-25-15(3)20(26(28)29)14(2)23-25/h5-12H,4,13H2,1-3H3. The third kappa shape index (κ3) is 4.16. The largest absolute Gasteiger partial charge is 0.312 e. The van der Waals surface area contributed by atoms with Crippen LogP contribution in [0.25, 0.3) is 0 Å². The molecule has 0 unspecified atom stereocenters. The summed E-state index contributed by atoms with van der Waals surface area (Å²) in [5, 5.41) is 15.4. The van der Waals surface area contributed by atoms with E-state index in [2.05, 4.69) is 5.10 Å². The summed E-state index contributed by atoms with van der Waals surface area (Å²) in [6.45, 7) is 5.94. The molecule has 0 bridgehead atoms. The van der Waals surface area contributed by atoms with E-state index in [0.29, 0.717) is 35.7 Å². The van der Waals surface area contributed by atoms with Gasteiger partial charge < -0.3 is 4.90 Å². The number of carbonyl (C=O) groups is 1. The second kappa shape index (κ2) is 8.22. The molecule has 0 aliphatic heterocycles. The number of benzene rings is 2. The van der Waals surface area contributed by atoms with Gasteiger partial charge in [0.05, 0.1) is 11.5 Å². The molecule has 0 fully saturated rings. The number of halogens is 1. The van der Waals surface area contributed by atoms with Gasteiger partial charge in [0.15, 0.2) is 0 Å². The highest BCUT2D eigenvalue weighted by atomic mass is 19.1. The zero-order chi connectivity index (χ0) is 21.1. The predicted molar refractivity (Wildman–Crippen MR) is 108 cm³/mol. The summed E-state index contributed by atoms with van der Waals surface area (Å²) >= 11 is 0. The van der Waals surface area contributed by atoms with Gasteiger partial charge in [0.1, 0.15) is 17.2 Å². The molecule has 3 aromatic rings. The molecule has 0 atom stereocenters. The van der Waals surface area contributed by atoms with E-state index in [4.69, 9.17) is 0 Å². The molecule has 0 saturated heterocycles. The number of hydrogen-bond donors (Lipinski definition) is 0. The highest BCUT2D eigenvalue weighted by Gasteiger charge is 2.22. The molecule has 0 radical (unpaired) electrons. The molecule has 2 aromatic carbocycles. The van der Waals surface area contributed by atoms with Crippen molar-refractivity contribution in [2.45, 2.75) is 27.3 Å². The lowest BCUT2D eigenvalue weighted by atomic mass is 10.1. The number of rotatable bonds is 6. The van der Waals surface area contributed by atoms with Crippen molar-refractivity contribution in [2.24, 2.45) is 0 Å². The topological polar surface area (TPSA) is 81.3 Å². The Balaban J connectivity index is 1.79. The number of carbonyl (C=O) groups excluding carboxylic acids is 1. The van der Waals surface area contributed by atoms with E-state index in [1.807, 2.05) is 6.92 Å². The first kappa shape index (κ1) is 20.2. The highest BCUT2D eigenvalue weighted by Crippen LogP contribution is 2.23. The summed E-state index contributed by atoms with van der Waals surface area (Å²) in [6, 6.07) is 12.8. The van der Waals surface area contributed by atoms with Crippen molar-refractivity contribution in [3.8, 4) is 0 Å². The fourth-order valence-electron chi connectivity index (χ4n) is 3.25. The Morgan fingerprint density at radius 1 is 1.14 bits per heavy atom. The van der Waals surface area contributed by atoms with Gasteiger partial charge in [-0.2, -0.15) is 5.10 Å². The van der Waals surface area contributed by atoms with Crippen LogP contribution < -0.4 is 4.90 Å². The van der Waals surface area contributed by atoms with Crippen LogP contribution in [0.2, 0.25) is 0 Å². The fraction of sp³-hybridized carbons (Fsp3) is 0.238. The summed E-state index contributed by atoms with van der Waals surface area (Å²) in [6.07, 6.45) is 0. The van der Waals surface area contributed by atoms with Crippen molar-refractivity contribution >= 4 is 17.3 Å². The van der Waals surface area contributed by atoms with Gasteiger partial charge in [0.25, 0.3) is 5.91 Å². The number of anilines is 1. The molecule has 1 heterocycles. The molecule has 1 aromatic heterocycles. The Morgan fingerprint density at radius 2 is 1.76 bits per heavy atom. The minimum absolute atomic E-state index is 0.0229. The maximum absolute atomic E-state index is 13.2. The van der Waals surface area contributed by atoms with Crippen LogP contribution in [-0.2, 0) is 6.54 Å². The Bertz CT molecular complexity index is 1040. The van der Waals surface area contributed by atoms with Gasteiger partial charge >= 0.3 is 5.69 Å². The van der Waals surface area contributed by atoms with E-state index in [1.54, 1.807) is 59.8 Å². The maximum atomic E-state index is 13.2. The van der Waals surface area contributed by atoms with Gasteiger partial charge in [-0.3, -0.25) is 19.6 Å². The van der Waals surface area contributed by atoms with Crippen LogP contribution in [0.15, 0.2) is 48.5 Å². The number of amides is 1. The smallest absolute Gasteiger partial charge is 0.309 e. The van der Waals surface area contributed by atoms with E-state index in [1.165, 1.54) is 12.1 Å². The lowest BCUT2D eigenvalue weighted by Crippen LogP contribution is -2.30. The first-order chi connectivity index (χ1) is 13.8. The van der Waals surface area contributed by atoms with Crippen LogP contribution in [-0.4, -0.2) is 27.2 Å². The summed E-state index contributed by atoms with van der Waals surface area (Å²) in [5.74, 6) is -0.543. The number of hydrogen-bond acceptors (Lipinski definition) is 4. The van der Waals surface area contributed by atoms with Crippen molar-refractivity contribution in [1.29, 1.82) is 0 Å². The summed E-state index contributed by atoms with van der Waals surface area (Å²) in [7, 11) is 0. The van der Waals surface area contributed by atoms with E-state index in [0.717, 1.165) is 5.56 Å². The van der Waals surface area contributed by atoms with Gasteiger partial charge in [-0.25, -0.2) is 4.39 Å². The maximum Gasteiger partial charge on any atom is 0.312 e. The highest BCUT2D eigenvalue weighted by molar-refractivity contribution is 6.06. The quantitative estimate of drug-likeness (QED) is 0.460. The minimum Gasteiger partial charge on any atom is -0.309 e. The van der Waals surface area contributed by atoms with Gasteiger partial charge in [0, 0.05) is 17.8 Å². The first-order valence-electron chi connectivity index (χ1n) is 9.16. The molecule has 0 aliphatic carbocycles. The fourth-order valence-corrected chi connectivity index (χ4v) is 3.25. The Hall–Kier alpha value is -3.55. The molecular weight excluding hydrogens is 375 g/mol. The molecule has 1 amide bonds. The second-order valence-electron chi connectivity index (χ2n) is 6.66. The Kier molecular flexibility index (Phi) is 5.72. The average molecular weight is 396 g/mol. The van der Waals surface area contributed by atoms with E-state index in [9.17, 15) is 19.3 Å². The SMILES string of the molecule is CCN(C(=O)c1ccc(Cn2nc(C)c([N+](=O)[O-])c2C)cc1)c1ccc(F)cc1. The third-order valence-electron chi connectivity index (χ3n) is 4.76. The molecule has 3 rings (SSSR count). The molecule has 0 spiro atoms. The number of aromatic nitrogens is 2. The van der Waals surface area contributed by atoms with Crippen molar-refractivity contribution < 1.29 is 14.1 Å². The van der Waals surface area contributed by atoms with Crippen LogP contribution in [0, 0.1) is 29.8 Å². The Morgan fingerprint density at radius 3 is 2.28 bits per heavy atom. The summed E-state index contributed by atoms with van der Waals surface area (Å²) in [5.41, 5.74) is 2.87. The summed E-state index contributed by atoms with van der Waals surface area (Å²) in [4.78, 5) is 25.1. The van der Waals surface area contributed by atoms with Crippen LogP contribution >= 0.6 is 0 Å². The van der Waals surface area contributed by atoms with Crippen molar-refractivity contribution in [3.63, 3.8) is 0 Å². The van der Waals surface area contributed by atoms with Gasteiger partial charge in [-0.15, -0.1) is 0 Å². The van der Waals surface area contributed by atoms with Gasteiger partial charge in [0.2, 0.25) is 0 Å². The molecule has 150 valence electrons. The Labute approximate surface area is 167 Å². The van der Waals surface area contributed by atoms with E-state index in [-0.39, 0.29) is 17.4 Å². The molecule has 8 heteroatoms. The summed E-state index contributed by atoms with van der Waals surface area (Å²) < 4.78 is 14.7. The molecule has 29 heavy (non-hydrogen) atoms. The van der Waals surface area contributed by atoms with Crippen molar-refractivity contribution in [1.82, 2.24) is 9.78 Å². The van der Waals surface area contributed by atoms with Crippen LogP contribution in [0.1, 0.15) is 34.2 Å². The van der Waals surface area contributed by atoms with Crippen molar-refractivity contribution in [2.75, 3.05) is 11.4 Å². The predicted octanol–water partition coefficient (Wildman–Crippen LogP) is 4.26. The lowest BCUT2D eigenvalue weighted by molar-refractivity contribution is -0.386. The third-order valence-corrected chi connectivity index (χ3v) is 4.76. The molecular formula is C21H21FN4O3. The second-order valence-corrected chi connectivity index (χ2v) is 6.66. The van der Waals surface area contributed by atoms with Gasteiger partial charge in [-0.05, 0) is 62.7 Å². The molecule has 0 saturated carbocycles. The molecule has 0 aliphatic rings. The molecule has 7 nitrogen and oxygen atoms in total.